The Balaban J connectivity index is 1.67. The van der Waals surface area contributed by atoms with Crippen molar-refractivity contribution in [3.05, 3.63) is 72.9 Å². The second-order valence-electron chi connectivity index (χ2n) is 22.6. The van der Waals surface area contributed by atoms with Crippen molar-refractivity contribution in [2.45, 2.75) is 313 Å². The molecule has 0 aromatic heterocycles. The third-order valence-electron chi connectivity index (χ3n) is 15.2. The average Bonchev–Trinajstić information content (AvgIpc) is 3.46. The van der Waals surface area contributed by atoms with Gasteiger partial charge in [0.1, 0.15) is 54.9 Å². The van der Waals surface area contributed by atoms with Crippen LogP contribution in [0.2, 0.25) is 0 Å². The van der Waals surface area contributed by atoms with Crippen LogP contribution in [0.5, 0.6) is 0 Å². The molecule has 2 saturated heterocycles. The van der Waals surface area contributed by atoms with Gasteiger partial charge >= 0.3 is 5.97 Å². The van der Waals surface area contributed by atoms with Gasteiger partial charge in [0.05, 0.1) is 26.4 Å². The molecule has 0 amide bonds. The number of carbonyl (C=O) groups excluding carboxylic acids is 1. The van der Waals surface area contributed by atoms with Crippen LogP contribution in [0.4, 0.5) is 0 Å². The summed E-state index contributed by atoms with van der Waals surface area (Å²) in [6.45, 7) is 3.58. The highest BCUT2D eigenvalue weighted by atomic mass is 16.7. The van der Waals surface area contributed by atoms with Crippen LogP contribution >= 0.6 is 0 Å². The molecule has 2 aliphatic heterocycles. The van der Waals surface area contributed by atoms with Gasteiger partial charge < -0.3 is 64.2 Å². The molecule has 470 valence electrons. The van der Waals surface area contributed by atoms with Gasteiger partial charge in [0.25, 0.3) is 0 Å². The van der Waals surface area contributed by atoms with Crippen LogP contribution < -0.4 is 0 Å². The molecule has 11 unspecified atom stereocenters. The molecule has 2 heterocycles. The molecule has 0 radical (unpaired) electrons. The maximum Gasteiger partial charge on any atom is 0.306 e. The van der Waals surface area contributed by atoms with Gasteiger partial charge in [-0.1, -0.05) is 228 Å². The summed E-state index contributed by atoms with van der Waals surface area (Å²) < 4.78 is 34.5. The van der Waals surface area contributed by atoms with Crippen molar-refractivity contribution >= 4 is 5.97 Å². The van der Waals surface area contributed by atoms with Crippen molar-refractivity contribution in [1.29, 1.82) is 0 Å². The Morgan fingerprint density at radius 1 is 0.420 bits per heavy atom. The summed E-state index contributed by atoms with van der Waals surface area (Å²) in [5.74, 6) is -0.383. The molecule has 2 aliphatic rings. The Hall–Kier alpha value is -2.57. The Bertz CT molecular complexity index is 1610. The fraction of sp³-hybridized carbons (Fsp3) is 0.806. The van der Waals surface area contributed by atoms with Crippen LogP contribution in [0.3, 0.4) is 0 Å². The highest BCUT2D eigenvalue weighted by Gasteiger charge is 2.47. The summed E-state index contributed by atoms with van der Waals surface area (Å²) in [7, 11) is 0. The number of allylic oxidation sites excluding steroid dienone is 12. The third-order valence-corrected chi connectivity index (χ3v) is 15.2. The Labute approximate surface area is 491 Å². The predicted octanol–water partition coefficient (Wildman–Crippen LogP) is 13.0. The summed E-state index contributed by atoms with van der Waals surface area (Å²) in [6.07, 6.45) is 52.5. The zero-order valence-corrected chi connectivity index (χ0v) is 50.8. The normalized spacial score (nSPS) is 24.2. The highest BCUT2D eigenvalue weighted by Crippen LogP contribution is 2.27. The van der Waals surface area contributed by atoms with E-state index in [1.165, 1.54) is 141 Å². The number of rotatable bonds is 53. The first-order valence-electron chi connectivity index (χ1n) is 32.5. The number of aliphatic hydroxyl groups is 7. The van der Waals surface area contributed by atoms with E-state index in [-0.39, 0.29) is 25.6 Å². The molecular weight excluding hydrogens is 1030 g/mol. The summed E-state index contributed by atoms with van der Waals surface area (Å²) >= 11 is 0. The van der Waals surface area contributed by atoms with E-state index < -0.39 is 80.7 Å². The molecule has 0 aromatic carbocycles. The van der Waals surface area contributed by atoms with E-state index in [9.17, 15) is 40.5 Å². The van der Waals surface area contributed by atoms with Gasteiger partial charge in [-0.25, -0.2) is 0 Å². The van der Waals surface area contributed by atoms with E-state index >= 15 is 0 Å². The van der Waals surface area contributed by atoms with Crippen LogP contribution in [-0.2, 0) is 33.2 Å². The number of aliphatic hydroxyl groups excluding tert-OH is 7. The molecule has 7 N–H and O–H groups in total. The lowest BCUT2D eigenvalue weighted by atomic mass is 9.98. The minimum Gasteiger partial charge on any atom is -0.457 e. The van der Waals surface area contributed by atoms with Crippen LogP contribution in [0.15, 0.2) is 72.9 Å². The van der Waals surface area contributed by atoms with Gasteiger partial charge in [0.15, 0.2) is 12.6 Å². The van der Waals surface area contributed by atoms with Gasteiger partial charge in [-0.2, -0.15) is 0 Å². The van der Waals surface area contributed by atoms with Crippen molar-refractivity contribution in [1.82, 2.24) is 0 Å². The lowest BCUT2D eigenvalue weighted by molar-refractivity contribution is -0.332. The van der Waals surface area contributed by atoms with Crippen LogP contribution in [0.1, 0.15) is 245 Å². The van der Waals surface area contributed by atoms with E-state index in [1.807, 2.05) is 0 Å². The van der Waals surface area contributed by atoms with E-state index in [2.05, 4.69) is 86.8 Å². The zero-order chi connectivity index (χ0) is 58.6. The van der Waals surface area contributed by atoms with Crippen molar-refractivity contribution in [3.8, 4) is 0 Å². The number of carbonyl (C=O) groups is 1. The first-order chi connectivity index (χ1) is 39.6. The zero-order valence-electron chi connectivity index (χ0n) is 50.8. The Morgan fingerprint density at radius 3 is 1.26 bits per heavy atom. The monoisotopic (exact) mass is 1150 g/mol. The van der Waals surface area contributed by atoms with Gasteiger partial charge in [-0.15, -0.1) is 0 Å². The first kappa shape index (κ1) is 74.5. The summed E-state index contributed by atoms with van der Waals surface area (Å²) in [4.78, 5) is 13.1. The minimum atomic E-state index is -1.71. The maximum atomic E-state index is 13.1. The lowest BCUT2D eigenvalue weighted by Crippen LogP contribution is -2.61. The minimum absolute atomic E-state index is 0.0560. The smallest absolute Gasteiger partial charge is 0.306 e. The largest absolute Gasteiger partial charge is 0.457 e. The van der Waals surface area contributed by atoms with Gasteiger partial charge in [-0.05, 0) is 83.5 Å². The van der Waals surface area contributed by atoms with Gasteiger partial charge in [0.2, 0.25) is 0 Å². The van der Waals surface area contributed by atoms with Crippen molar-refractivity contribution in [3.63, 3.8) is 0 Å². The second-order valence-corrected chi connectivity index (χ2v) is 22.6. The van der Waals surface area contributed by atoms with E-state index in [0.29, 0.717) is 13.0 Å². The first-order valence-corrected chi connectivity index (χ1v) is 32.5. The van der Waals surface area contributed by atoms with Crippen molar-refractivity contribution < 1.29 is 69.0 Å². The van der Waals surface area contributed by atoms with Crippen LogP contribution in [0.25, 0.3) is 0 Å². The molecule has 0 aliphatic carbocycles. The van der Waals surface area contributed by atoms with E-state index in [1.54, 1.807) is 0 Å². The Morgan fingerprint density at radius 2 is 0.802 bits per heavy atom. The molecule has 81 heavy (non-hydrogen) atoms. The van der Waals surface area contributed by atoms with E-state index in [4.69, 9.17) is 28.4 Å². The fourth-order valence-corrected chi connectivity index (χ4v) is 10.0. The molecule has 0 saturated carbocycles. The number of ether oxygens (including phenoxy) is 6. The van der Waals surface area contributed by atoms with Crippen LogP contribution in [-0.4, -0.2) is 142 Å². The molecule has 0 bridgehead atoms. The third kappa shape index (κ3) is 38.9. The van der Waals surface area contributed by atoms with Crippen LogP contribution in [0, 0.1) is 0 Å². The number of hydrogen-bond donors (Lipinski definition) is 7. The standard InChI is InChI=1S/C67H118O14/c1-3-5-7-9-11-13-15-17-19-21-23-25-26-27-28-29-31-33-35-37-39-41-43-45-47-49-51-76-53-56(54-77-66-65(75)63(73)61(71)58(81-66)55-78-67-64(74)62(72)60(70)57(52-68)80-67)79-59(69)50-48-46-44-42-40-38-36-34-32-30-24-22-20-18-16-14-12-10-8-6-4-2/h6,8,12,14-15,17-18,20-21,23-24,30,56-58,60-68,70-75H,3-5,7,9-11,13,16,19,22,25-29,31-55H2,1-2H3/b8-6-,14-12-,17-15-,20-18-,23-21-,30-24-. The van der Waals surface area contributed by atoms with Gasteiger partial charge in [-0.3, -0.25) is 4.79 Å². The second kappa shape index (κ2) is 52.9. The number of esters is 1. The SMILES string of the molecule is CC/C=C\C/C=C\C/C=C\C/C=C\CCCCCCCCCCC(=O)OC(COCCCCCCCCCCCCCCCC/C=C\C/C=C\CCCCCCC)COC1OC(COC2OC(CO)C(O)C(O)C2O)C(O)C(O)C1O. The molecule has 2 rings (SSSR count). The molecular formula is C67H118O14. The number of unbranched alkanes of at least 4 members (excludes halogenated alkanes) is 27. The maximum absolute atomic E-state index is 13.1. The summed E-state index contributed by atoms with van der Waals surface area (Å²) in [5, 5.41) is 72.5. The molecule has 14 heteroatoms. The lowest BCUT2D eigenvalue weighted by Gasteiger charge is -2.42. The summed E-state index contributed by atoms with van der Waals surface area (Å²) in [6, 6.07) is 0. The quantitative estimate of drug-likeness (QED) is 0.0172. The van der Waals surface area contributed by atoms with Crippen molar-refractivity contribution in [2.75, 3.05) is 33.0 Å². The topological polar surface area (TPSA) is 214 Å². The average molecular weight is 1150 g/mol. The highest BCUT2D eigenvalue weighted by molar-refractivity contribution is 5.69. The molecule has 14 nitrogen and oxygen atoms in total. The number of hydrogen-bond acceptors (Lipinski definition) is 14. The molecule has 0 aromatic rings. The molecule has 11 atom stereocenters. The Kier molecular flexibility index (Phi) is 48.7. The molecule has 0 spiro atoms. The fourth-order valence-electron chi connectivity index (χ4n) is 10.0. The van der Waals surface area contributed by atoms with Crippen molar-refractivity contribution in [2.24, 2.45) is 0 Å². The van der Waals surface area contributed by atoms with Gasteiger partial charge in [0, 0.05) is 13.0 Å². The summed E-state index contributed by atoms with van der Waals surface area (Å²) in [5.41, 5.74) is 0. The molecule has 2 fully saturated rings. The van der Waals surface area contributed by atoms with E-state index in [0.717, 1.165) is 77.0 Å². The predicted molar refractivity (Wildman–Crippen MR) is 325 cm³/mol.